The van der Waals surface area contributed by atoms with Crippen molar-refractivity contribution in [1.29, 1.82) is 0 Å². The van der Waals surface area contributed by atoms with E-state index in [4.69, 9.17) is 0 Å². The van der Waals surface area contributed by atoms with Gasteiger partial charge < -0.3 is 10.2 Å². The molecule has 2 aliphatic rings. The van der Waals surface area contributed by atoms with Gasteiger partial charge in [0.25, 0.3) is 10.0 Å². The molecular formula is C19H24N4O4S3. The predicted molar refractivity (Wildman–Crippen MR) is 116 cm³/mol. The van der Waals surface area contributed by atoms with E-state index in [2.05, 4.69) is 10.3 Å². The lowest BCUT2D eigenvalue weighted by atomic mass is 9.97. The van der Waals surface area contributed by atoms with Crippen molar-refractivity contribution < 1.29 is 18.0 Å². The molecule has 0 aromatic carbocycles. The minimum Gasteiger partial charge on any atom is -0.342 e. The summed E-state index contributed by atoms with van der Waals surface area (Å²) in [6.07, 6.45) is 5.07. The van der Waals surface area contributed by atoms with Crippen LogP contribution in [0.1, 0.15) is 30.6 Å². The number of amides is 2. The lowest BCUT2D eigenvalue weighted by molar-refractivity contribution is -0.133. The molecule has 0 radical (unpaired) electrons. The number of hydrogen-bond donors (Lipinski definition) is 1. The fraction of sp³-hybridized carbons (Fsp3) is 0.526. The van der Waals surface area contributed by atoms with Crippen LogP contribution in [0.3, 0.4) is 0 Å². The second-order valence-corrected chi connectivity index (χ2v) is 11.7. The van der Waals surface area contributed by atoms with E-state index in [1.54, 1.807) is 28.6 Å². The molecule has 1 N–H and O–H groups in total. The van der Waals surface area contributed by atoms with Crippen LogP contribution >= 0.6 is 22.7 Å². The van der Waals surface area contributed by atoms with Crippen LogP contribution < -0.4 is 5.32 Å². The third-order valence-corrected chi connectivity index (χ3v) is 9.57. The number of anilines is 1. The Balaban J connectivity index is 1.35. The van der Waals surface area contributed by atoms with Gasteiger partial charge in [-0.15, -0.1) is 22.7 Å². The Bertz CT molecular complexity index is 997. The van der Waals surface area contributed by atoms with E-state index in [9.17, 15) is 18.0 Å². The van der Waals surface area contributed by atoms with Gasteiger partial charge in [0, 0.05) is 42.6 Å². The Kier molecular flexibility index (Phi) is 6.51. The average molecular weight is 469 g/mol. The summed E-state index contributed by atoms with van der Waals surface area (Å²) in [5.74, 6) is -0.452. The summed E-state index contributed by atoms with van der Waals surface area (Å²) in [6.45, 7) is 2.12. The zero-order valence-corrected chi connectivity index (χ0v) is 18.9. The van der Waals surface area contributed by atoms with Crippen LogP contribution in [0.5, 0.6) is 0 Å². The number of thiazole rings is 1. The first kappa shape index (κ1) is 21.4. The fourth-order valence-corrected chi connectivity index (χ4v) is 7.37. The van der Waals surface area contributed by atoms with E-state index in [0.717, 1.165) is 30.6 Å². The molecule has 2 aromatic rings. The van der Waals surface area contributed by atoms with Gasteiger partial charge in [0.1, 0.15) is 4.21 Å². The van der Waals surface area contributed by atoms with E-state index in [-0.39, 0.29) is 24.2 Å². The number of likely N-dealkylation sites (tertiary alicyclic amines) is 1. The molecule has 0 spiro atoms. The molecule has 2 aromatic heterocycles. The van der Waals surface area contributed by atoms with Crippen molar-refractivity contribution in [2.45, 2.75) is 36.3 Å². The van der Waals surface area contributed by atoms with Gasteiger partial charge in [-0.1, -0.05) is 0 Å². The molecule has 0 saturated carbocycles. The number of aromatic nitrogens is 1. The quantitative estimate of drug-likeness (QED) is 0.702. The first-order valence-electron chi connectivity index (χ1n) is 10.0. The van der Waals surface area contributed by atoms with Crippen molar-refractivity contribution in [1.82, 2.24) is 14.2 Å². The number of hydrogen-bond acceptors (Lipinski definition) is 7. The molecule has 0 aliphatic carbocycles. The van der Waals surface area contributed by atoms with Crippen LogP contribution in [0.15, 0.2) is 27.9 Å². The highest BCUT2D eigenvalue weighted by Gasteiger charge is 2.31. The molecule has 2 saturated heterocycles. The topological polar surface area (TPSA) is 99.7 Å². The van der Waals surface area contributed by atoms with Gasteiger partial charge in [0.15, 0.2) is 5.13 Å². The predicted octanol–water partition coefficient (Wildman–Crippen LogP) is 2.41. The van der Waals surface area contributed by atoms with Crippen molar-refractivity contribution in [2.75, 3.05) is 31.5 Å². The molecule has 2 fully saturated rings. The smallest absolute Gasteiger partial charge is 0.252 e. The molecule has 4 heterocycles. The maximum absolute atomic E-state index is 12.8. The minimum atomic E-state index is -3.45. The summed E-state index contributed by atoms with van der Waals surface area (Å²) >= 11 is 2.53. The Labute approximate surface area is 184 Å². The SMILES string of the molecule is O=C(Nc1nccs1)C1CCCN(C(=O)Cc2ccc(S(=O)(=O)N3CCCC3)s2)C1. The minimum absolute atomic E-state index is 0.0753. The summed E-state index contributed by atoms with van der Waals surface area (Å²) < 4.78 is 27.2. The normalized spacial score (nSPS) is 20.4. The van der Waals surface area contributed by atoms with E-state index in [1.165, 1.54) is 27.0 Å². The lowest BCUT2D eigenvalue weighted by Crippen LogP contribution is -2.44. The van der Waals surface area contributed by atoms with Crippen molar-refractivity contribution in [2.24, 2.45) is 5.92 Å². The van der Waals surface area contributed by atoms with Crippen LogP contribution in [0.2, 0.25) is 0 Å². The highest BCUT2D eigenvalue weighted by Crippen LogP contribution is 2.28. The summed E-state index contributed by atoms with van der Waals surface area (Å²) in [7, 11) is -3.45. The van der Waals surface area contributed by atoms with Gasteiger partial charge >= 0.3 is 0 Å². The van der Waals surface area contributed by atoms with Gasteiger partial charge in [-0.3, -0.25) is 9.59 Å². The van der Waals surface area contributed by atoms with Crippen LogP contribution in [-0.2, 0) is 26.0 Å². The highest BCUT2D eigenvalue weighted by atomic mass is 32.2. The molecule has 162 valence electrons. The number of carbonyl (C=O) groups excluding carboxylic acids is 2. The van der Waals surface area contributed by atoms with E-state index < -0.39 is 10.0 Å². The van der Waals surface area contributed by atoms with Crippen LogP contribution in [0.4, 0.5) is 5.13 Å². The van der Waals surface area contributed by atoms with Crippen LogP contribution in [-0.4, -0.2) is 60.6 Å². The van der Waals surface area contributed by atoms with Gasteiger partial charge in [0.05, 0.1) is 12.3 Å². The van der Waals surface area contributed by atoms with Crippen molar-refractivity contribution in [3.63, 3.8) is 0 Å². The summed E-state index contributed by atoms with van der Waals surface area (Å²) in [5, 5.41) is 5.17. The Morgan fingerprint density at radius 2 is 1.97 bits per heavy atom. The Hall–Kier alpha value is -1.82. The van der Waals surface area contributed by atoms with Crippen LogP contribution in [0, 0.1) is 5.92 Å². The second kappa shape index (κ2) is 9.13. The maximum atomic E-state index is 12.8. The standard InChI is InChI=1S/C19H24N4O4S3/c24-16(12-15-5-6-17(29-15)30(26,27)23-9-1-2-10-23)22-8-3-4-14(13-22)18(25)21-19-20-7-11-28-19/h5-7,11,14H,1-4,8-10,12-13H2,(H,20,21,25). The number of nitrogens with one attached hydrogen (secondary N) is 1. The summed E-state index contributed by atoms with van der Waals surface area (Å²) in [5.41, 5.74) is 0. The number of thiophene rings is 1. The number of sulfonamides is 1. The van der Waals surface area contributed by atoms with E-state index >= 15 is 0 Å². The molecule has 11 heteroatoms. The number of carbonyl (C=O) groups is 2. The third-order valence-electron chi connectivity index (χ3n) is 5.43. The van der Waals surface area contributed by atoms with Crippen LogP contribution in [0.25, 0.3) is 0 Å². The number of piperidine rings is 1. The van der Waals surface area contributed by atoms with Crippen molar-refractivity contribution >= 4 is 49.6 Å². The average Bonchev–Trinajstić information content (AvgIpc) is 3.50. The zero-order valence-electron chi connectivity index (χ0n) is 16.5. The highest BCUT2D eigenvalue weighted by molar-refractivity contribution is 7.91. The fourth-order valence-electron chi connectivity index (χ4n) is 3.82. The molecule has 2 aliphatic heterocycles. The Morgan fingerprint density at radius 3 is 2.70 bits per heavy atom. The monoisotopic (exact) mass is 468 g/mol. The van der Waals surface area contributed by atoms with Gasteiger partial charge in [-0.2, -0.15) is 4.31 Å². The molecule has 30 heavy (non-hydrogen) atoms. The molecule has 4 rings (SSSR count). The summed E-state index contributed by atoms with van der Waals surface area (Å²) in [6, 6.07) is 3.32. The molecule has 1 unspecified atom stereocenters. The first-order chi connectivity index (χ1) is 14.4. The molecule has 0 bridgehead atoms. The lowest BCUT2D eigenvalue weighted by Gasteiger charge is -2.31. The Morgan fingerprint density at radius 1 is 1.17 bits per heavy atom. The zero-order chi connectivity index (χ0) is 21.1. The first-order valence-corrected chi connectivity index (χ1v) is 13.1. The summed E-state index contributed by atoms with van der Waals surface area (Å²) in [4.78, 5) is 31.8. The van der Waals surface area contributed by atoms with E-state index in [0.29, 0.717) is 35.5 Å². The number of rotatable bonds is 6. The molecule has 8 nitrogen and oxygen atoms in total. The molecule has 2 amide bonds. The number of nitrogens with zero attached hydrogens (tertiary/aromatic N) is 3. The second-order valence-electron chi connectivity index (χ2n) is 7.51. The molecule has 1 atom stereocenters. The third kappa shape index (κ3) is 4.74. The van der Waals surface area contributed by atoms with Gasteiger partial charge in [-0.05, 0) is 37.8 Å². The largest absolute Gasteiger partial charge is 0.342 e. The van der Waals surface area contributed by atoms with Gasteiger partial charge in [0.2, 0.25) is 11.8 Å². The van der Waals surface area contributed by atoms with Gasteiger partial charge in [-0.25, -0.2) is 13.4 Å². The van der Waals surface area contributed by atoms with E-state index in [1.807, 2.05) is 0 Å². The van der Waals surface area contributed by atoms with Crippen molar-refractivity contribution in [3.05, 3.63) is 28.6 Å². The molecular weight excluding hydrogens is 444 g/mol. The van der Waals surface area contributed by atoms with Crippen molar-refractivity contribution in [3.8, 4) is 0 Å². The maximum Gasteiger partial charge on any atom is 0.252 e.